The summed E-state index contributed by atoms with van der Waals surface area (Å²) in [5.41, 5.74) is 13.3. The van der Waals surface area contributed by atoms with E-state index in [0.717, 1.165) is 16.6 Å². The normalized spacial score (nSPS) is 10.5. The standard InChI is InChI=1S/C15H13N5O/c16-9-7-11(14(17)21)15(19-8-9)20-13-5-1-4-12-10(13)3-2-6-18-12/h1-8H,16H2,(H2,17,21)(H,19,20). The Morgan fingerprint density at radius 1 is 1.14 bits per heavy atom. The van der Waals surface area contributed by atoms with E-state index in [1.165, 1.54) is 12.3 Å². The van der Waals surface area contributed by atoms with Gasteiger partial charge in [0.2, 0.25) is 0 Å². The number of hydrogen-bond donors (Lipinski definition) is 3. The second-order valence-electron chi connectivity index (χ2n) is 4.53. The van der Waals surface area contributed by atoms with Gasteiger partial charge in [-0.25, -0.2) is 4.98 Å². The number of primary amides is 1. The molecule has 0 unspecified atom stereocenters. The van der Waals surface area contributed by atoms with Gasteiger partial charge in [-0.2, -0.15) is 0 Å². The van der Waals surface area contributed by atoms with Crippen molar-refractivity contribution in [1.82, 2.24) is 9.97 Å². The zero-order valence-corrected chi connectivity index (χ0v) is 11.1. The van der Waals surface area contributed by atoms with Crippen molar-refractivity contribution in [3.8, 4) is 0 Å². The van der Waals surface area contributed by atoms with E-state index in [4.69, 9.17) is 11.5 Å². The fourth-order valence-corrected chi connectivity index (χ4v) is 2.11. The van der Waals surface area contributed by atoms with E-state index in [2.05, 4.69) is 15.3 Å². The van der Waals surface area contributed by atoms with Gasteiger partial charge in [0, 0.05) is 17.3 Å². The summed E-state index contributed by atoms with van der Waals surface area (Å²) in [6.07, 6.45) is 3.20. The molecule has 6 heteroatoms. The maximum atomic E-state index is 11.5. The summed E-state index contributed by atoms with van der Waals surface area (Å²) in [5, 5.41) is 4.04. The van der Waals surface area contributed by atoms with Crippen LogP contribution < -0.4 is 16.8 Å². The van der Waals surface area contributed by atoms with Crippen LogP contribution in [0.3, 0.4) is 0 Å². The molecule has 1 aromatic carbocycles. The molecule has 0 radical (unpaired) electrons. The molecule has 0 spiro atoms. The average molecular weight is 279 g/mol. The fraction of sp³-hybridized carbons (Fsp3) is 0. The molecule has 0 aliphatic carbocycles. The third-order valence-corrected chi connectivity index (χ3v) is 3.07. The molecule has 0 saturated carbocycles. The lowest BCUT2D eigenvalue weighted by molar-refractivity contribution is 0.100. The molecule has 6 nitrogen and oxygen atoms in total. The Hall–Kier alpha value is -3.15. The number of anilines is 3. The van der Waals surface area contributed by atoms with Crippen molar-refractivity contribution in [2.75, 3.05) is 11.1 Å². The topological polar surface area (TPSA) is 107 Å². The number of nitrogens with two attached hydrogens (primary N) is 2. The highest BCUT2D eigenvalue weighted by atomic mass is 16.1. The Balaban J connectivity index is 2.09. The first-order valence-corrected chi connectivity index (χ1v) is 6.31. The molecule has 0 aliphatic heterocycles. The van der Waals surface area contributed by atoms with Crippen molar-refractivity contribution in [2.45, 2.75) is 0 Å². The van der Waals surface area contributed by atoms with Crippen molar-refractivity contribution in [3.63, 3.8) is 0 Å². The fourth-order valence-electron chi connectivity index (χ4n) is 2.11. The third kappa shape index (κ3) is 2.46. The van der Waals surface area contributed by atoms with Crippen molar-refractivity contribution in [1.29, 1.82) is 0 Å². The quantitative estimate of drug-likeness (QED) is 0.680. The van der Waals surface area contributed by atoms with Crippen molar-refractivity contribution in [2.24, 2.45) is 5.73 Å². The Kier molecular flexibility index (Phi) is 3.12. The number of carbonyl (C=O) groups is 1. The van der Waals surface area contributed by atoms with E-state index in [0.29, 0.717) is 11.5 Å². The van der Waals surface area contributed by atoms with Gasteiger partial charge < -0.3 is 16.8 Å². The minimum Gasteiger partial charge on any atom is -0.397 e. The van der Waals surface area contributed by atoms with Crippen LogP contribution in [-0.4, -0.2) is 15.9 Å². The van der Waals surface area contributed by atoms with Crippen molar-refractivity contribution >= 4 is 34.0 Å². The van der Waals surface area contributed by atoms with Crippen LogP contribution in [0, 0.1) is 0 Å². The number of nitrogen functional groups attached to an aromatic ring is 1. The van der Waals surface area contributed by atoms with E-state index >= 15 is 0 Å². The number of rotatable bonds is 3. The predicted molar refractivity (Wildman–Crippen MR) is 82.2 cm³/mol. The molecule has 0 saturated heterocycles. The molecule has 2 aromatic heterocycles. The third-order valence-electron chi connectivity index (χ3n) is 3.07. The summed E-state index contributed by atoms with van der Waals surface area (Å²) in [4.78, 5) is 19.9. The molecule has 0 bridgehead atoms. The number of nitrogens with one attached hydrogen (secondary N) is 1. The second-order valence-corrected chi connectivity index (χ2v) is 4.53. The van der Waals surface area contributed by atoms with E-state index in [1.54, 1.807) is 6.20 Å². The smallest absolute Gasteiger partial charge is 0.252 e. The van der Waals surface area contributed by atoms with Crippen LogP contribution in [0.4, 0.5) is 17.2 Å². The van der Waals surface area contributed by atoms with Crippen LogP contribution in [0.2, 0.25) is 0 Å². The maximum absolute atomic E-state index is 11.5. The molecule has 21 heavy (non-hydrogen) atoms. The number of benzene rings is 1. The van der Waals surface area contributed by atoms with Crippen LogP contribution in [0.1, 0.15) is 10.4 Å². The van der Waals surface area contributed by atoms with Crippen LogP contribution in [-0.2, 0) is 0 Å². The highest BCUT2D eigenvalue weighted by molar-refractivity contribution is 6.00. The number of fused-ring (bicyclic) bond motifs is 1. The first-order chi connectivity index (χ1) is 10.1. The molecule has 5 N–H and O–H groups in total. The molecule has 1 amide bonds. The number of aromatic nitrogens is 2. The van der Waals surface area contributed by atoms with Gasteiger partial charge in [-0.3, -0.25) is 9.78 Å². The van der Waals surface area contributed by atoms with Gasteiger partial charge in [0.1, 0.15) is 5.82 Å². The number of nitrogens with zero attached hydrogens (tertiary/aromatic N) is 2. The average Bonchev–Trinajstić information content (AvgIpc) is 2.49. The van der Waals surface area contributed by atoms with Crippen LogP contribution >= 0.6 is 0 Å². The highest BCUT2D eigenvalue weighted by Gasteiger charge is 2.11. The van der Waals surface area contributed by atoms with Crippen LogP contribution in [0.15, 0.2) is 48.8 Å². The second kappa shape index (κ2) is 5.09. The Labute approximate surface area is 120 Å². The largest absolute Gasteiger partial charge is 0.397 e. The van der Waals surface area contributed by atoms with E-state index in [1.807, 2.05) is 30.3 Å². The van der Waals surface area contributed by atoms with Gasteiger partial charge in [-0.05, 0) is 30.3 Å². The highest BCUT2D eigenvalue weighted by Crippen LogP contribution is 2.26. The van der Waals surface area contributed by atoms with Gasteiger partial charge in [-0.1, -0.05) is 6.07 Å². The summed E-state index contributed by atoms with van der Waals surface area (Å²) in [7, 11) is 0. The number of carbonyl (C=O) groups excluding carboxylic acids is 1. The first kappa shape index (κ1) is 12.9. The molecule has 0 aliphatic rings. The Morgan fingerprint density at radius 2 is 2.00 bits per heavy atom. The van der Waals surface area contributed by atoms with Crippen molar-refractivity contribution < 1.29 is 4.79 Å². The summed E-state index contributed by atoms with van der Waals surface area (Å²) in [5.74, 6) is -0.219. The Morgan fingerprint density at radius 3 is 2.81 bits per heavy atom. The molecule has 3 rings (SSSR count). The minimum atomic E-state index is -0.587. The number of pyridine rings is 2. The molecule has 104 valence electrons. The van der Waals surface area contributed by atoms with Gasteiger partial charge in [0.15, 0.2) is 0 Å². The molecular weight excluding hydrogens is 266 g/mol. The van der Waals surface area contributed by atoms with Crippen molar-refractivity contribution in [3.05, 3.63) is 54.4 Å². The first-order valence-electron chi connectivity index (χ1n) is 6.31. The predicted octanol–water partition coefficient (Wildman–Crippen LogP) is 2.05. The zero-order valence-electron chi connectivity index (χ0n) is 11.1. The zero-order chi connectivity index (χ0) is 14.8. The molecule has 2 heterocycles. The molecule has 0 fully saturated rings. The molecule has 3 aromatic rings. The van der Waals surface area contributed by atoms with Crippen LogP contribution in [0.5, 0.6) is 0 Å². The summed E-state index contributed by atoms with van der Waals surface area (Å²) in [6.45, 7) is 0. The summed E-state index contributed by atoms with van der Waals surface area (Å²) in [6, 6.07) is 10.9. The monoisotopic (exact) mass is 279 g/mol. The summed E-state index contributed by atoms with van der Waals surface area (Å²) >= 11 is 0. The number of hydrogen-bond acceptors (Lipinski definition) is 5. The lowest BCUT2D eigenvalue weighted by Crippen LogP contribution is -2.14. The molecule has 0 atom stereocenters. The van der Waals surface area contributed by atoms with Gasteiger partial charge >= 0.3 is 0 Å². The van der Waals surface area contributed by atoms with Gasteiger partial charge in [-0.15, -0.1) is 0 Å². The Bertz CT molecular complexity index is 826. The summed E-state index contributed by atoms with van der Waals surface area (Å²) < 4.78 is 0. The lowest BCUT2D eigenvalue weighted by atomic mass is 10.1. The maximum Gasteiger partial charge on any atom is 0.252 e. The minimum absolute atomic E-state index is 0.246. The lowest BCUT2D eigenvalue weighted by Gasteiger charge is -2.11. The van der Waals surface area contributed by atoms with Crippen LogP contribution in [0.25, 0.3) is 10.9 Å². The number of amides is 1. The SMILES string of the molecule is NC(=O)c1cc(N)cnc1Nc1cccc2ncccc12. The van der Waals surface area contributed by atoms with E-state index in [-0.39, 0.29) is 5.56 Å². The van der Waals surface area contributed by atoms with Gasteiger partial charge in [0.05, 0.1) is 23.0 Å². The van der Waals surface area contributed by atoms with E-state index in [9.17, 15) is 4.79 Å². The van der Waals surface area contributed by atoms with Gasteiger partial charge in [0.25, 0.3) is 5.91 Å². The van der Waals surface area contributed by atoms with E-state index < -0.39 is 5.91 Å². The molecular formula is C15H13N5O.